The zero-order valence-electron chi connectivity index (χ0n) is 22.2. The molecule has 1 aliphatic heterocycles. The van der Waals surface area contributed by atoms with Gasteiger partial charge in [0.1, 0.15) is 6.04 Å². The van der Waals surface area contributed by atoms with Gasteiger partial charge in [-0.25, -0.2) is 8.42 Å². The Morgan fingerprint density at radius 3 is 2.28 bits per heavy atom. The van der Waals surface area contributed by atoms with Crippen LogP contribution in [0, 0.1) is 5.92 Å². The first-order chi connectivity index (χ1) is 18.4. The van der Waals surface area contributed by atoms with Gasteiger partial charge < -0.3 is 15.1 Å². The van der Waals surface area contributed by atoms with Crippen molar-refractivity contribution in [2.45, 2.75) is 68.6 Å². The SMILES string of the molecule is CC(C)N(C)[C@@H]1CC[C@H](N2CCC(NC(=O)c3cc(Cl)cc(Cl)c3)C2=O)[C@H](CS(=O)(=O)c2ccc(Cl)cc2)C1. The number of benzene rings is 2. The van der Waals surface area contributed by atoms with Gasteiger partial charge in [-0.05, 0) is 95.0 Å². The van der Waals surface area contributed by atoms with E-state index in [9.17, 15) is 18.0 Å². The minimum absolute atomic E-state index is 0.0659. The third-order valence-corrected chi connectivity index (χ3v) is 10.5. The van der Waals surface area contributed by atoms with E-state index in [4.69, 9.17) is 34.8 Å². The molecule has 4 rings (SSSR count). The predicted molar refractivity (Wildman–Crippen MR) is 155 cm³/mol. The highest BCUT2D eigenvalue weighted by Gasteiger charge is 2.44. The van der Waals surface area contributed by atoms with Crippen LogP contribution in [0.15, 0.2) is 47.4 Å². The van der Waals surface area contributed by atoms with E-state index in [1.165, 1.54) is 30.3 Å². The van der Waals surface area contributed by atoms with Crippen LogP contribution in [0.25, 0.3) is 0 Å². The van der Waals surface area contributed by atoms with Gasteiger partial charge in [-0.15, -0.1) is 0 Å². The molecule has 0 radical (unpaired) electrons. The number of rotatable bonds is 8. The van der Waals surface area contributed by atoms with Crippen molar-refractivity contribution in [3.63, 3.8) is 0 Å². The normalized spacial score (nSPS) is 24.0. The number of carbonyl (C=O) groups excluding carboxylic acids is 2. The van der Waals surface area contributed by atoms with Crippen LogP contribution in [0.1, 0.15) is 49.9 Å². The summed E-state index contributed by atoms with van der Waals surface area (Å²) < 4.78 is 26.9. The van der Waals surface area contributed by atoms with Gasteiger partial charge in [0.2, 0.25) is 5.91 Å². The molecule has 4 atom stereocenters. The Morgan fingerprint density at radius 2 is 1.67 bits per heavy atom. The van der Waals surface area contributed by atoms with E-state index in [1.54, 1.807) is 17.0 Å². The van der Waals surface area contributed by atoms with Gasteiger partial charge in [0, 0.05) is 45.3 Å². The Morgan fingerprint density at radius 1 is 1.03 bits per heavy atom. The second kappa shape index (κ2) is 12.4. The number of hydrogen-bond donors (Lipinski definition) is 1. The smallest absolute Gasteiger partial charge is 0.252 e. The van der Waals surface area contributed by atoms with Crippen LogP contribution in [0.4, 0.5) is 0 Å². The highest BCUT2D eigenvalue weighted by Crippen LogP contribution is 2.36. The highest BCUT2D eigenvalue weighted by atomic mass is 35.5. The van der Waals surface area contributed by atoms with Crippen molar-refractivity contribution >= 4 is 56.5 Å². The van der Waals surface area contributed by atoms with Crippen LogP contribution >= 0.6 is 34.8 Å². The molecule has 1 heterocycles. The van der Waals surface area contributed by atoms with Crippen molar-refractivity contribution in [2.75, 3.05) is 19.3 Å². The number of carbonyl (C=O) groups is 2. The fourth-order valence-electron chi connectivity index (χ4n) is 5.72. The zero-order valence-corrected chi connectivity index (χ0v) is 25.3. The largest absolute Gasteiger partial charge is 0.340 e. The van der Waals surface area contributed by atoms with Crippen molar-refractivity contribution < 1.29 is 18.0 Å². The first-order valence-corrected chi connectivity index (χ1v) is 15.9. The number of nitrogens with zero attached hydrogens (tertiary/aromatic N) is 2. The molecular formula is C28H34Cl3N3O4S. The average molecular weight is 615 g/mol. The van der Waals surface area contributed by atoms with Crippen LogP contribution in [-0.4, -0.2) is 73.5 Å². The van der Waals surface area contributed by atoms with E-state index in [0.29, 0.717) is 46.9 Å². The topological polar surface area (TPSA) is 86.8 Å². The summed E-state index contributed by atoms with van der Waals surface area (Å²) in [6.45, 7) is 4.69. The Labute approximate surface area is 245 Å². The van der Waals surface area contributed by atoms with E-state index in [1.807, 2.05) is 0 Å². The zero-order chi connectivity index (χ0) is 28.5. The quantitative estimate of drug-likeness (QED) is 0.435. The maximum Gasteiger partial charge on any atom is 0.252 e. The molecule has 2 aliphatic rings. The first kappa shape index (κ1) is 30.1. The third kappa shape index (κ3) is 7.09. The molecule has 1 unspecified atom stereocenters. The number of likely N-dealkylation sites (tertiary alicyclic amines) is 1. The van der Waals surface area contributed by atoms with Crippen LogP contribution in [0.2, 0.25) is 15.1 Å². The summed E-state index contributed by atoms with van der Waals surface area (Å²) in [7, 11) is -1.55. The number of sulfone groups is 1. The number of amides is 2. The van der Waals surface area contributed by atoms with Gasteiger partial charge in [-0.1, -0.05) is 34.8 Å². The Bertz CT molecular complexity index is 1300. The maximum atomic E-state index is 13.5. The van der Waals surface area contributed by atoms with Crippen LogP contribution in [0.5, 0.6) is 0 Å². The summed E-state index contributed by atoms with van der Waals surface area (Å²) in [6, 6.07) is 10.4. The number of nitrogens with one attached hydrogen (secondary N) is 1. The molecule has 0 aromatic heterocycles. The molecule has 2 amide bonds. The lowest BCUT2D eigenvalue weighted by Crippen LogP contribution is -2.53. The molecule has 11 heteroatoms. The summed E-state index contributed by atoms with van der Waals surface area (Å²) >= 11 is 18.1. The standard InChI is InChI=1S/C28H34Cl3N3O4S/c1-17(2)33(3)23-6-9-26(19(14-23)16-39(37,38)24-7-4-20(29)5-8-24)34-11-10-25(28(34)36)32-27(35)18-12-21(30)15-22(31)13-18/h4-5,7-8,12-13,15,17,19,23,25-26H,6,9-11,14,16H2,1-3H3,(H,32,35)/t19-,23+,25?,26-/m0/s1. The second-order valence-electron chi connectivity index (χ2n) is 10.8. The molecule has 2 fully saturated rings. The van der Waals surface area contributed by atoms with Crippen LogP contribution < -0.4 is 5.32 Å². The van der Waals surface area contributed by atoms with Gasteiger partial charge in [0.05, 0.1) is 10.6 Å². The molecule has 1 saturated heterocycles. The van der Waals surface area contributed by atoms with Gasteiger partial charge in [-0.2, -0.15) is 0 Å². The fraction of sp³-hybridized carbons (Fsp3) is 0.500. The summed E-state index contributed by atoms with van der Waals surface area (Å²) in [5.74, 6) is -0.936. The minimum atomic E-state index is -3.61. The summed E-state index contributed by atoms with van der Waals surface area (Å²) in [4.78, 5) is 30.7. The van der Waals surface area contributed by atoms with Gasteiger partial charge in [0.25, 0.3) is 5.91 Å². The molecule has 1 N–H and O–H groups in total. The van der Waals surface area contributed by atoms with Crippen molar-refractivity contribution in [3.8, 4) is 0 Å². The molecule has 0 spiro atoms. The van der Waals surface area contributed by atoms with Crippen molar-refractivity contribution in [2.24, 2.45) is 5.92 Å². The molecule has 39 heavy (non-hydrogen) atoms. The first-order valence-electron chi connectivity index (χ1n) is 13.1. The molecule has 1 aliphatic carbocycles. The molecule has 2 aromatic rings. The maximum absolute atomic E-state index is 13.5. The average Bonchev–Trinajstić information content (AvgIpc) is 3.22. The van der Waals surface area contributed by atoms with Crippen LogP contribution in [-0.2, 0) is 14.6 Å². The van der Waals surface area contributed by atoms with E-state index in [0.717, 1.165) is 6.42 Å². The van der Waals surface area contributed by atoms with E-state index < -0.39 is 21.8 Å². The minimum Gasteiger partial charge on any atom is -0.340 e. The molecule has 2 aromatic carbocycles. The summed E-state index contributed by atoms with van der Waals surface area (Å²) in [6.07, 6.45) is 2.66. The number of hydrogen-bond acceptors (Lipinski definition) is 5. The summed E-state index contributed by atoms with van der Waals surface area (Å²) in [5, 5.41) is 3.96. The lowest BCUT2D eigenvalue weighted by atomic mass is 9.81. The van der Waals surface area contributed by atoms with Crippen LogP contribution in [0.3, 0.4) is 0 Å². The summed E-state index contributed by atoms with van der Waals surface area (Å²) in [5.41, 5.74) is 0.280. The van der Waals surface area contributed by atoms with Crippen molar-refractivity contribution in [3.05, 3.63) is 63.1 Å². The van der Waals surface area contributed by atoms with Gasteiger partial charge in [0.15, 0.2) is 9.84 Å². The third-order valence-electron chi connectivity index (χ3n) is 7.98. The molecule has 1 saturated carbocycles. The lowest BCUT2D eigenvalue weighted by Gasteiger charge is -2.44. The molecule has 212 valence electrons. The molecule has 7 nitrogen and oxygen atoms in total. The van der Waals surface area contributed by atoms with E-state index in [2.05, 4.69) is 31.1 Å². The fourth-order valence-corrected chi connectivity index (χ4v) is 8.03. The highest BCUT2D eigenvalue weighted by molar-refractivity contribution is 7.91. The van der Waals surface area contributed by atoms with Crippen molar-refractivity contribution in [1.29, 1.82) is 0 Å². The lowest BCUT2D eigenvalue weighted by molar-refractivity contribution is -0.133. The van der Waals surface area contributed by atoms with Gasteiger partial charge in [-0.3, -0.25) is 9.59 Å². The van der Waals surface area contributed by atoms with Crippen molar-refractivity contribution in [1.82, 2.24) is 15.1 Å². The van der Waals surface area contributed by atoms with E-state index >= 15 is 0 Å². The Balaban J connectivity index is 1.53. The Kier molecular flexibility index (Phi) is 9.54. The number of halogens is 3. The molecule has 0 bridgehead atoms. The predicted octanol–water partition coefficient (Wildman–Crippen LogP) is 5.33. The second-order valence-corrected chi connectivity index (χ2v) is 14.1. The Hall–Kier alpha value is -1.84. The monoisotopic (exact) mass is 613 g/mol. The van der Waals surface area contributed by atoms with E-state index in [-0.39, 0.29) is 40.1 Å². The van der Waals surface area contributed by atoms with Gasteiger partial charge >= 0.3 is 0 Å². The molecular weight excluding hydrogens is 581 g/mol.